The molecule has 38 valence electrons. The molecule has 0 saturated carbocycles. The number of aliphatic hydroxyl groups excluding tert-OH is 1. The van der Waals surface area contributed by atoms with Gasteiger partial charge in [-0.2, -0.15) is 0 Å². The van der Waals surface area contributed by atoms with Gasteiger partial charge in [-0.3, -0.25) is 0 Å². The second kappa shape index (κ2) is 15.9. The van der Waals surface area contributed by atoms with Crippen LogP contribution in [0.4, 0.5) is 0 Å². The molecule has 0 aromatic rings. The Bertz CT molecular complexity index is 13.5. The van der Waals surface area contributed by atoms with Crippen LogP contribution in [0, 0.1) is 0 Å². The number of hydrogen-bond acceptors (Lipinski definition) is 1. The average Bonchev–Trinajstić information content (AvgIpc) is 1.37. The Labute approximate surface area is 82.3 Å². The van der Waals surface area contributed by atoms with Crippen LogP contribution >= 0.6 is 11.6 Å². The average molecular weight is 238 g/mol. The molecule has 0 spiro atoms. The fraction of sp³-hybridized carbons (Fsp3) is 1.00. The Kier molecular flexibility index (Phi) is 41.4. The van der Waals surface area contributed by atoms with E-state index in [1.807, 2.05) is 0 Å². The maximum atomic E-state index is 7.74. The predicted octanol–water partition coefficient (Wildman–Crippen LogP) is -1.52. The summed E-state index contributed by atoms with van der Waals surface area (Å²) in [5.41, 5.74) is 0. The third-order valence-electron chi connectivity index (χ3n) is 0.0845. The van der Waals surface area contributed by atoms with Crippen LogP contribution in [0.1, 0.15) is 0 Å². The second-order valence-electron chi connectivity index (χ2n) is 0.413. The van der Waals surface area contributed by atoms with Gasteiger partial charge in [-0.15, -0.1) is 11.6 Å². The summed E-state index contributed by atoms with van der Waals surface area (Å²) in [6, 6.07) is 0. The van der Waals surface area contributed by atoms with Gasteiger partial charge in [0, 0.05) is 5.88 Å². The summed E-state index contributed by atoms with van der Waals surface area (Å²) in [6.07, 6.45) is 0. The molecular formula is C2H9BaClO2. The number of aliphatic hydroxyl groups is 1. The Hall–Kier alpha value is 1.78. The van der Waals surface area contributed by atoms with Gasteiger partial charge in [-0.1, -0.05) is 0 Å². The van der Waals surface area contributed by atoms with E-state index < -0.39 is 0 Å². The molecule has 0 bridgehead atoms. The van der Waals surface area contributed by atoms with Crippen molar-refractivity contribution in [1.29, 1.82) is 0 Å². The summed E-state index contributed by atoms with van der Waals surface area (Å²) in [6.45, 7) is 0.0849. The van der Waals surface area contributed by atoms with Crippen LogP contribution in [0.2, 0.25) is 0 Å². The molecule has 0 fully saturated rings. The van der Waals surface area contributed by atoms with Gasteiger partial charge < -0.3 is 10.6 Å². The van der Waals surface area contributed by atoms with Crippen LogP contribution in [0.5, 0.6) is 0 Å². The van der Waals surface area contributed by atoms with Gasteiger partial charge >= 0.3 is 48.9 Å². The van der Waals surface area contributed by atoms with Gasteiger partial charge in [0.15, 0.2) is 0 Å². The fourth-order valence-electron chi connectivity index (χ4n) is 0. The van der Waals surface area contributed by atoms with Crippen molar-refractivity contribution in [3.63, 3.8) is 0 Å². The molecule has 0 saturated heterocycles. The number of rotatable bonds is 1. The molecule has 2 nitrogen and oxygen atoms in total. The SMILES string of the molecule is O.OCCCl.[BaH2]. The summed E-state index contributed by atoms with van der Waals surface area (Å²) in [5, 5.41) is 7.74. The van der Waals surface area contributed by atoms with Gasteiger partial charge in [0.2, 0.25) is 0 Å². The molecule has 0 amide bonds. The van der Waals surface area contributed by atoms with Crippen LogP contribution in [-0.4, -0.2) is 72.0 Å². The third-order valence-corrected chi connectivity index (χ3v) is 0.254. The molecule has 0 unspecified atom stereocenters. The van der Waals surface area contributed by atoms with Crippen LogP contribution in [0.15, 0.2) is 0 Å². The molecule has 0 radical (unpaired) electrons. The van der Waals surface area contributed by atoms with Crippen molar-refractivity contribution >= 4 is 60.5 Å². The fourth-order valence-corrected chi connectivity index (χ4v) is 0. The second-order valence-corrected chi connectivity index (χ2v) is 0.791. The summed E-state index contributed by atoms with van der Waals surface area (Å²) in [4.78, 5) is 0. The Morgan fingerprint density at radius 2 is 1.67 bits per heavy atom. The summed E-state index contributed by atoms with van der Waals surface area (Å²) in [7, 11) is 0. The van der Waals surface area contributed by atoms with Crippen molar-refractivity contribution in [3.05, 3.63) is 0 Å². The Morgan fingerprint density at radius 3 is 1.67 bits per heavy atom. The first kappa shape index (κ1) is 15.7. The molecule has 0 atom stereocenters. The molecule has 0 aromatic carbocycles. The van der Waals surface area contributed by atoms with Crippen molar-refractivity contribution in [2.45, 2.75) is 0 Å². The number of alkyl halides is 1. The van der Waals surface area contributed by atoms with Gasteiger partial charge in [-0.05, 0) is 0 Å². The zero-order valence-electron chi connectivity index (χ0n) is 2.74. The van der Waals surface area contributed by atoms with Crippen molar-refractivity contribution in [2.75, 3.05) is 12.5 Å². The number of hydrogen-bond donors (Lipinski definition) is 1. The molecule has 0 rings (SSSR count). The topological polar surface area (TPSA) is 51.7 Å². The van der Waals surface area contributed by atoms with E-state index in [2.05, 4.69) is 0 Å². The standard InChI is InChI=1S/C2H5ClO.Ba.H2O.2H/c3-1-2-4;;;;/h4H,1-2H2;;1H2;;. The summed E-state index contributed by atoms with van der Waals surface area (Å²) < 4.78 is 0. The van der Waals surface area contributed by atoms with Crippen LogP contribution in [-0.2, 0) is 0 Å². The van der Waals surface area contributed by atoms with Crippen LogP contribution < -0.4 is 0 Å². The van der Waals surface area contributed by atoms with Crippen molar-refractivity contribution in [2.24, 2.45) is 0 Å². The summed E-state index contributed by atoms with van der Waals surface area (Å²) in [5.74, 6) is 0.347. The zero-order chi connectivity index (χ0) is 3.41. The van der Waals surface area contributed by atoms with E-state index in [0.717, 1.165) is 0 Å². The van der Waals surface area contributed by atoms with Crippen molar-refractivity contribution in [3.8, 4) is 0 Å². The molecular weight excluding hydrogens is 229 g/mol. The van der Waals surface area contributed by atoms with E-state index in [4.69, 9.17) is 16.7 Å². The first-order valence-electron chi connectivity index (χ1n) is 1.08. The quantitative estimate of drug-likeness (QED) is 0.437. The molecule has 6 heavy (non-hydrogen) atoms. The monoisotopic (exact) mass is 238 g/mol. The minimum atomic E-state index is 0. The molecule has 3 N–H and O–H groups in total. The van der Waals surface area contributed by atoms with Crippen molar-refractivity contribution < 1.29 is 10.6 Å². The Morgan fingerprint density at radius 1 is 1.50 bits per heavy atom. The van der Waals surface area contributed by atoms with E-state index in [-0.39, 0.29) is 61.0 Å². The molecule has 0 aromatic heterocycles. The molecule has 0 heterocycles. The van der Waals surface area contributed by atoms with Gasteiger partial charge in [0.1, 0.15) is 0 Å². The molecule has 4 heteroatoms. The maximum absolute atomic E-state index is 7.74. The first-order chi connectivity index (χ1) is 1.91. The van der Waals surface area contributed by atoms with Gasteiger partial charge in [-0.25, -0.2) is 0 Å². The zero-order valence-corrected chi connectivity index (χ0v) is 3.50. The predicted molar refractivity (Wildman–Crippen MR) is 30.0 cm³/mol. The van der Waals surface area contributed by atoms with E-state index in [1.54, 1.807) is 0 Å². The van der Waals surface area contributed by atoms with E-state index in [0.29, 0.717) is 5.88 Å². The van der Waals surface area contributed by atoms with E-state index in [9.17, 15) is 0 Å². The minimum absolute atomic E-state index is 0. The van der Waals surface area contributed by atoms with E-state index >= 15 is 0 Å². The van der Waals surface area contributed by atoms with Gasteiger partial charge in [0.05, 0.1) is 6.61 Å². The van der Waals surface area contributed by atoms with Crippen molar-refractivity contribution in [1.82, 2.24) is 0 Å². The number of halogens is 1. The molecule has 0 aliphatic rings. The third kappa shape index (κ3) is 17.1. The Balaban J connectivity index is -0.0000000450. The summed E-state index contributed by atoms with van der Waals surface area (Å²) >= 11 is 4.94. The molecule has 0 aliphatic carbocycles. The van der Waals surface area contributed by atoms with Gasteiger partial charge in [0.25, 0.3) is 0 Å². The molecule has 0 aliphatic heterocycles. The van der Waals surface area contributed by atoms with Crippen LogP contribution in [0.25, 0.3) is 0 Å². The normalized spacial score (nSPS) is 5.00. The van der Waals surface area contributed by atoms with E-state index in [1.165, 1.54) is 0 Å². The van der Waals surface area contributed by atoms with Crippen LogP contribution in [0.3, 0.4) is 0 Å². The first-order valence-corrected chi connectivity index (χ1v) is 1.62.